The minimum Gasteiger partial charge on any atom is -0.388 e. The van der Waals surface area contributed by atoms with Gasteiger partial charge in [0.25, 0.3) is 5.56 Å². The van der Waals surface area contributed by atoms with E-state index in [0.717, 1.165) is 4.57 Å². The third kappa shape index (κ3) is 3.13. The summed E-state index contributed by atoms with van der Waals surface area (Å²) < 4.78 is 22.0. The van der Waals surface area contributed by atoms with Gasteiger partial charge in [-0.05, 0) is 0 Å². The van der Waals surface area contributed by atoms with Gasteiger partial charge in [-0.2, -0.15) is 4.98 Å². The van der Waals surface area contributed by atoms with Crippen molar-refractivity contribution >= 4 is 24.7 Å². The molecule has 1 aliphatic heterocycles. The first-order valence-corrected chi connectivity index (χ1v) is 8.27. The zero-order valence-corrected chi connectivity index (χ0v) is 12.5. The first-order chi connectivity index (χ1) is 10.8. The first-order valence-electron chi connectivity index (χ1n) is 6.47. The van der Waals surface area contributed by atoms with Gasteiger partial charge >= 0.3 is 7.60 Å². The number of nitrogen functional groups attached to an aromatic ring is 1. The van der Waals surface area contributed by atoms with Gasteiger partial charge in [0, 0.05) is 6.42 Å². The summed E-state index contributed by atoms with van der Waals surface area (Å²) >= 11 is 0. The molecule has 1 fully saturated rings. The number of hydrogen-bond donors (Lipinski definition) is 5. The zero-order chi connectivity index (χ0) is 16.8. The number of ether oxygens (including phenoxy) is 2. The molecule has 0 amide bonds. The summed E-state index contributed by atoms with van der Waals surface area (Å²) in [6.07, 6.45) is -3.15. The Morgan fingerprint density at radius 2 is 2.30 bits per heavy atom. The lowest BCUT2D eigenvalue weighted by molar-refractivity contribution is -0.168. The van der Waals surface area contributed by atoms with E-state index in [0.29, 0.717) is 0 Å². The number of nitrogens with zero attached hydrogens (tertiary/aromatic N) is 3. The largest absolute Gasteiger partial charge is 0.388 e. The molecule has 1 aliphatic rings. The van der Waals surface area contributed by atoms with Gasteiger partial charge in [-0.15, -0.1) is 0 Å². The van der Waals surface area contributed by atoms with Crippen LogP contribution in [0.25, 0.3) is 11.2 Å². The maximum absolute atomic E-state index is 12.4. The molecule has 0 radical (unpaired) electrons. The highest BCUT2D eigenvalue weighted by Crippen LogP contribution is 2.37. The maximum atomic E-state index is 12.4. The van der Waals surface area contributed by atoms with Crippen molar-refractivity contribution in [1.29, 1.82) is 0 Å². The average molecular weight is 347 g/mol. The first kappa shape index (κ1) is 16.1. The van der Waals surface area contributed by atoms with Crippen LogP contribution in [0.1, 0.15) is 12.6 Å². The predicted octanol–water partition coefficient (Wildman–Crippen LogP) is -1.54. The lowest BCUT2D eigenvalue weighted by Gasteiger charge is -2.17. The summed E-state index contributed by atoms with van der Waals surface area (Å²) in [5.41, 5.74) is 5.46. The van der Waals surface area contributed by atoms with Crippen molar-refractivity contribution in [3.05, 3.63) is 16.7 Å². The number of aliphatic hydroxyl groups excluding tert-OH is 1. The van der Waals surface area contributed by atoms with Crippen molar-refractivity contribution < 1.29 is 28.9 Å². The van der Waals surface area contributed by atoms with Crippen LogP contribution in [0.4, 0.5) is 5.95 Å². The highest BCUT2D eigenvalue weighted by molar-refractivity contribution is 7.51. The number of anilines is 1. The number of aromatic nitrogens is 4. The summed E-state index contributed by atoms with van der Waals surface area (Å²) in [5, 5.41) is 9.87. The quantitative estimate of drug-likeness (QED) is 0.406. The van der Waals surface area contributed by atoms with Gasteiger partial charge in [0.05, 0.1) is 6.33 Å². The number of nitrogens with one attached hydrogen (secondary N) is 1. The van der Waals surface area contributed by atoms with E-state index >= 15 is 0 Å². The van der Waals surface area contributed by atoms with Crippen LogP contribution in [0, 0.1) is 0 Å². The Morgan fingerprint density at radius 1 is 1.57 bits per heavy atom. The molecule has 2 aromatic rings. The molecular weight excluding hydrogens is 333 g/mol. The van der Waals surface area contributed by atoms with Crippen molar-refractivity contribution in [3.8, 4) is 0 Å². The van der Waals surface area contributed by atoms with E-state index in [1.54, 1.807) is 0 Å². The van der Waals surface area contributed by atoms with Crippen LogP contribution >= 0.6 is 7.60 Å². The lowest BCUT2D eigenvalue weighted by atomic mass is 10.2. The average Bonchev–Trinajstić information content (AvgIpc) is 3.02. The molecule has 3 atom stereocenters. The standard InChI is InChI=1S/C10H14N5O7P/c11-10-14-7-6(12-2-13-7)8(17)15(10)5-1-4(16)9(22-5)21-3-23(18,19)20/h2,4-5,9,16H,1,3H2,(H2,11,14)(H,12,13)(H2,18,19,20)/t4-,5+,9-/m0/s1. The summed E-state index contributed by atoms with van der Waals surface area (Å²) in [5.74, 6) is -0.164. The molecule has 6 N–H and O–H groups in total. The van der Waals surface area contributed by atoms with E-state index in [1.807, 2.05) is 0 Å². The SMILES string of the molecule is Nc1nc2nc[nH]c2c(=O)n1[C@H]1C[C@H](O)[C@@H](OCP(=O)(O)O)O1. The molecule has 0 bridgehead atoms. The fourth-order valence-corrected chi connectivity index (χ4v) is 2.64. The van der Waals surface area contributed by atoms with Gasteiger partial charge in [-0.25, -0.2) is 9.55 Å². The number of nitrogens with two attached hydrogens (primary N) is 1. The number of imidazole rings is 1. The van der Waals surface area contributed by atoms with Crippen LogP contribution in [0.5, 0.6) is 0 Å². The summed E-state index contributed by atoms with van der Waals surface area (Å²) in [4.78, 5) is 40.4. The van der Waals surface area contributed by atoms with Crippen LogP contribution in [0.15, 0.2) is 11.1 Å². The zero-order valence-electron chi connectivity index (χ0n) is 11.6. The Morgan fingerprint density at radius 3 is 3.00 bits per heavy atom. The molecule has 12 nitrogen and oxygen atoms in total. The van der Waals surface area contributed by atoms with Gasteiger partial charge in [0.15, 0.2) is 23.8 Å². The van der Waals surface area contributed by atoms with Gasteiger partial charge in [0.1, 0.15) is 12.3 Å². The lowest BCUT2D eigenvalue weighted by Crippen LogP contribution is -2.29. The second-order valence-corrected chi connectivity index (χ2v) is 6.56. The van der Waals surface area contributed by atoms with Crippen molar-refractivity contribution in [2.24, 2.45) is 0 Å². The number of fused-ring (bicyclic) bond motifs is 1. The Hall–Kier alpha value is -1.82. The van der Waals surface area contributed by atoms with E-state index < -0.39 is 38.1 Å². The van der Waals surface area contributed by atoms with Crippen molar-refractivity contribution in [1.82, 2.24) is 19.5 Å². The van der Waals surface area contributed by atoms with E-state index in [2.05, 4.69) is 15.0 Å². The Balaban J connectivity index is 1.86. The number of hydrogen-bond acceptors (Lipinski definition) is 8. The number of rotatable bonds is 4. The van der Waals surface area contributed by atoms with Gasteiger partial charge in [-0.1, -0.05) is 0 Å². The van der Waals surface area contributed by atoms with Gasteiger partial charge in [-0.3, -0.25) is 9.36 Å². The molecule has 0 aliphatic carbocycles. The highest BCUT2D eigenvalue weighted by Gasteiger charge is 2.38. The molecule has 23 heavy (non-hydrogen) atoms. The minimum absolute atomic E-state index is 0.0583. The second kappa shape index (κ2) is 5.67. The van der Waals surface area contributed by atoms with E-state index in [4.69, 9.17) is 25.0 Å². The molecule has 126 valence electrons. The highest BCUT2D eigenvalue weighted by atomic mass is 31.2. The molecule has 2 aromatic heterocycles. The van der Waals surface area contributed by atoms with Crippen molar-refractivity contribution in [2.45, 2.75) is 25.0 Å². The molecule has 3 rings (SSSR count). The molecule has 13 heteroatoms. The Labute approximate surface area is 128 Å². The van der Waals surface area contributed by atoms with Crippen molar-refractivity contribution in [3.63, 3.8) is 0 Å². The summed E-state index contributed by atoms with van der Waals surface area (Å²) in [6, 6.07) is 0. The summed E-state index contributed by atoms with van der Waals surface area (Å²) in [6.45, 7) is 0. The molecule has 0 aromatic carbocycles. The predicted molar refractivity (Wildman–Crippen MR) is 75.1 cm³/mol. The third-order valence-corrected chi connectivity index (χ3v) is 3.75. The smallest absolute Gasteiger partial charge is 0.351 e. The Kier molecular flexibility index (Phi) is 3.96. The number of aromatic amines is 1. The maximum Gasteiger partial charge on any atom is 0.351 e. The fraction of sp³-hybridized carbons (Fsp3) is 0.500. The third-order valence-electron chi connectivity index (χ3n) is 3.26. The molecule has 0 saturated carbocycles. The molecule has 3 heterocycles. The summed E-state index contributed by atoms with van der Waals surface area (Å²) in [7, 11) is -4.41. The van der Waals surface area contributed by atoms with Crippen molar-refractivity contribution in [2.75, 3.05) is 12.1 Å². The minimum atomic E-state index is -4.41. The Bertz CT molecular complexity index is 829. The van der Waals surface area contributed by atoms with Gasteiger partial charge in [0.2, 0.25) is 5.95 Å². The van der Waals surface area contributed by atoms with Gasteiger partial charge < -0.3 is 35.1 Å². The van der Waals surface area contributed by atoms with Crippen LogP contribution in [-0.4, -0.2) is 53.2 Å². The van der Waals surface area contributed by atoms with Crippen LogP contribution in [0.3, 0.4) is 0 Å². The van der Waals surface area contributed by atoms with Crippen LogP contribution < -0.4 is 11.3 Å². The monoisotopic (exact) mass is 347 g/mol. The van der Waals surface area contributed by atoms with E-state index in [9.17, 15) is 14.5 Å². The molecule has 0 spiro atoms. The molecular formula is C10H14N5O7P. The number of H-pyrrole nitrogens is 1. The normalized spacial score (nSPS) is 25.3. The topological polar surface area (TPSA) is 186 Å². The second-order valence-electron chi connectivity index (χ2n) is 4.97. The van der Waals surface area contributed by atoms with Crippen LogP contribution in [0.2, 0.25) is 0 Å². The molecule has 0 unspecified atom stereocenters. The molecule has 1 saturated heterocycles. The van der Waals surface area contributed by atoms with Crippen LogP contribution in [-0.2, 0) is 14.0 Å². The number of aliphatic hydroxyl groups is 1. The van der Waals surface area contributed by atoms with E-state index in [-0.39, 0.29) is 23.5 Å². The van der Waals surface area contributed by atoms with E-state index in [1.165, 1.54) is 6.33 Å². The fourth-order valence-electron chi connectivity index (χ4n) is 2.30.